The molecule has 0 atom stereocenters. The molecule has 0 radical (unpaired) electrons. The van der Waals surface area contributed by atoms with Crippen molar-refractivity contribution < 1.29 is 9.47 Å². The molecule has 1 aliphatic carbocycles. The molecular formula is C19H23BrN2O2. The van der Waals surface area contributed by atoms with Gasteiger partial charge >= 0.3 is 0 Å². The molecule has 0 saturated heterocycles. The Hall–Kier alpha value is -1.72. The van der Waals surface area contributed by atoms with Gasteiger partial charge in [-0.05, 0) is 71.4 Å². The SMILES string of the molecule is COc1cc(CNNc2ccccc2)cc(Br)c1OC1CCCC1. The molecular weight excluding hydrogens is 368 g/mol. The second-order valence-corrected chi connectivity index (χ2v) is 6.83. The molecule has 0 amide bonds. The highest BCUT2D eigenvalue weighted by Gasteiger charge is 2.20. The number of anilines is 1. The summed E-state index contributed by atoms with van der Waals surface area (Å²) in [5, 5.41) is 0. The first-order chi connectivity index (χ1) is 11.8. The number of methoxy groups -OCH3 is 1. The van der Waals surface area contributed by atoms with Crippen LogP contribution < -0.4 is 20.3 Å². The predicted octanol–water partition coefficient (Wildman–Crippen LogP) is 4.90. The molecule has 5 heteroatoms. The maximum absolute atomic E-state index is 6.15. The first-order valence-electron chi connectivity index (χ1n) is 8.33. The van der Waals surface area contributed by atoms with Crippen molar-refractivity contribution in [1.82, 2.24) is 5.43 Å². The lowest BCUT2D eigenvalue weighted by atomic mass is 10.2. The summed E-state index contributed by atoms with van der Waals surface area (Å²) in [4.78, 5) is 0. The molecule has 1 aliphatic rings. The fourth-order valence-corrected chi connectivity index (χ4v) is 3.52. The van der Waals surface area contributed by atoms with E-state index in [0.29, 0.717) is 12.6 Å². The van der Waals surface area contributed by atoms with Gasteiger partial charge < -0.3 is 14.9 Å². The first-order valence-corrected chi connectivity index (χ1v) is 9.12. The molecule has 2 N–H and O–H groups in total. The van der Waals surface area contributed by atoms with E-state index in [0.717, 1.165) is 40.1 Å². The van der Waals surface area contributed by atoms with E-state index in [-0.39, 0.29) is 0 Å². The van der Waals surface area contributed by atoms with Crippen molar-refractivity contribution in [3.8, 4) is 11.5 Å². The molecule has 2 aromatic rings. The van der Waals surface area contributed by atoms with Gasteiger partial charge in [-0.1, -0.05) is 18.2 Å². The van der Waals surface area contributed by atoms with Crippen LogP contribution in [-0.4, -0.2) is 13.2 Å². The van der Waals surface area contributed by atoms with E-state index in [1.54, 1.807) is 7.11 Å². The van der Waals surface area contributed by atoms with Crippen LogP contribution in [0.25, 0.3) is 0 Å². The molecule has 1 saturated carbocycles. The Morgan fingerprint density at radius 2 is 1.88 bits per heavy atom. The number of nitrogens with one attached hydrogen (secondary N) is 2. The maximum Gasteiger partial charge on any atom is 0.175 e. The number of benzene rings is 2. The van der Waals surface area contributed by atoms with E-state index >= 15 is 0 Å². The van der Waals surface area contributed by atoms with Crippen molar-refractivity contribution in [1.29, 1.82) is 0 Å². The molecule has 0 spiro atoms. The summed E-state index contributed by atoms with van der Waals surface area (Å²) in [6, 6.07) is 14.1. The van der Waals surface area contributed by atoms with Crippen molar-refractivity contribution in [2.75, 3.05) is 12.5 Å². The molecule has 3 rings (SSSR count). The maximum atomic E-state index is 6.15. The normalized spacial score (nSPS) is 14.6. The quantitative estimate of drug-likeness (QED) is 0.660. The number of hydrazine groups is 1. The zero-order chi connectivity index (χ0) is 16.8. The van der Waals surface area contributed by atoms with Crippen molar-refractivity contribution in [3.63, 3.8) is 0 Å². The Balaban J connectivity index is 1.64. The Bertz CT molecular complexity index is 658. The summed E-state index contributed by atoms with van der Waals surface area (Å²) >= 11 is 3.63. The predicted molar refractivity (Wildman–Crippen MR) is 100 cm³/mol. The van der Waals surface area contributed by atoms with Crippen LogP contribution >= 0.6 is 15.9 Å². The van der Waals surface area contributed by atoms with Crippen LogP contribution in [0.3, 0.4) is 0 Å². The zero-order valence-corrected chi connectivity index (χ0v) is 15.4. The van der Waals surface area contributed by atoms with Gasteiger partial charge in [0.25, 0.3) is 0 Å². The lowest BCUT2D eigenvalue weighted by Gasteiger charge is -2.18. The van der Waals surface area contributed by atoms with Gasteiger partial charge in [-0.2, -0.15) is 0 Å². The topological polar surface area (TPSA) is 42.5 Å². The molecule has 128 valence electrons. The van der Waals surface area contributed by atoms with Gasteiger partial charge in [0.1, 0.15) is 0 Å². The van der Waals surface area contributed by atoms with E-state index in [9.17, 15) is 0 Å². The van der Waals surface area contributed by atoms with Gasteiger partial charge in [0.05, 0.1) is 17.7 Å². The standard InChI is InChI=1S/C19H23BrN2O2/c1-23-18-12-14(13-21-22-15-7-3-2-4-8-15)11-17(20)19(18)24-16-9-5-6-10-16/h2-4,7-8,11-12,16,21-22H,5-6,9-10,13H2,1H3. The molecule has 1 fully saturated rings. The summed E-state index contributed by atoms with van der Waals surface area (Å²) in [6.07, 6.45) is 5.05. The van der Waals surface area contributed by atoms with Gasteiger partial charge in [-0.3, -0.25) is 0 Å². The Morgan fingerprint density at radius 3 is 2.58 bits per heavy atom. The number of rotatable bonds is 7. The third-order valence-corrected chi connectivity index (χ3v) is 4.76. The van der Waals surface area contributed by atoms with Crippen LogP contribution in [0.1, 0.15) is 31.2 Å². The molecule has 0 heterocycles. The van der Waals surface area contributed by atoms with Crippen molar-refractivity contribution in [2.45, 2.75) is 38.3 Å². The largest absolute Gasteiger partial charge is 0.493 e. The molecule has 2 aromatic carbocycles. The monoisotopic (exact) mass is 390 g/mol. The average Bonchev–Trinajstić information content (AvgIpc) is 3.11. The molecule has 0 aliphatic heterocycles. The third kappa shape index (κ3) is 4.42. The Morgan fingerprint density at radius 1 is 1.12 bits per heavy atom. The van der Waals surface area contributed by atoms with Crippen LogP contribution in [0, 0.1) is 0 Å². The first kappa shape index (κ1) is 17.1. The molecule has 0 aromatic heterocycles. The minimum absolute atomic E-state index is 0.305. The summed E-state index contributed by atoms with van der Waals surface area (Å²) in [5.74, 6) is 1.58. The smallest absolute Gasteiger partial charge is 0.175 e. The molecule has 4 nitrogen and oxygen atoms in total. The summed E-state index contributed by atoms with van der Waals surface area (Å²) in [7, 11) is 1.68. The Kier molecular flexibility index (Phi) is 5.99. The van der Waals surface area contributed by atoms with Gasteiger partial charge in [0.2, 0.25) is 0 Å². The zero-order valence-electron chi connectivity index (χ0n) is 13.8. The fourth-order valence-electron chi connectivity index (χ4n) is 2.93. The number of hydrogen-bond acceptors (Lipinski definition) is 4. The number of hydrogen-bond donors (Lipinski definition) is 2. The van der Waals surface area contributed by atoms with E-state index in [4.69, 9.17) is 9.47 Å². The minimum Gasteiger partial charge on any atom is -0.493 e. The van der Waals surface area contributed by atoms with Crippen molar-refractivity contribution >= 4 is 21.6 Å². The highest BCUT2D eigenvalue weighted by molar-refractivity contribution is 9.10. The highest BCUT2D eigenvalue weighted by atomic mass is 79.9. The summed E-state index contributed by atoms with van der Waals surface area (Å²) < 4.78 is 12.6. The number of halogens is 1. The van der Waals surface area contributed by atoms with E-state index in [2.05, 4.69) is 32.8 Å². The van der Waals surface area contributed by atoms with Crippen LogP contribution in [-0.2, 0) is 6.54 Å². The fraction of sp³-hybridized carbons (Fsp3) is 0.368. The van der Waals surface area contributed by atoms with E-state index in [1.807, 2.05) is 36.4 Å². The van der Waals surface area contributed by atoms with E-state index in [1.165, 1.54) is 12.8 Å². The average molecular weight is 391 g/mol. The molecule has 0 bridgehead atoms. The Labute approximate surface area is 151 Å². The van der Waals surface area contributed by atoms with Gasteiger partial charge in [-0.15, -0.1) is 0 Å². The van der Waals surface area contributed by atoms with Gasteiger partial charge in [-0.25, -0.2) is 5.43 Å². The second-order valence-electron chi connectivity index (χ2n) is 5.98. The minimum atomic E-state index is 0.305. The van der Waals surface area contributed by atoms with Crippen LogP contribution in [0.4, 0.5) is 5.69 Å². The summed E-state index contributed by atoms with van der Waals surface area (Å²) in [6.45, 7) is 0.674. The van der Waals surface area contributed by atoms with Crippen LogP contribution in [0.5, 0.6) is 11.5 Å². The molecule has 0 unspecified atom stereocenters. The van der Waals surface area contributed by atoms with Crippen LogP contribution in [0.2, 0.25) is 0 Å². The lowest BCUT2D eigenvalue weighted by Crippen LogP contribution is -2.21. The van der Waals surface area contributed by atoms with Gasteiger partial charge in [0.15, 0.2) is 11.5 Å². The molecule has 24 heavy (non-hydrogen) atoms. The third-order valence-electron chi connectivity index (χ3n) is 4.17. The van der Waals surface area contributed by atoms with Gasteiger partial charge in [0, 0.05) is 12.2 Å². The highest BCUT2D eigenvalue weighted by Crippen LogP contribution is 2.39. The lowest BCUT2D eigenvalue weighted by molar-refractivity contribution is 0.199. The number of para-hydroxylation sites is 1. The second kappa shape index (κ2) is 8.40. The van der Waals surface area contributed by atoms with Crippen molar-refractivity contribution in [2.24, 2.45) is 0 Å². The number of ether oxygens (including phenoxy) is 2. The summed E-state index contributed by atoms with van der Waals surface area (Å²) in [5.41, 5.74) is 8.55. The van der Waals surface area contributed by atoms with Crippen LogP contribution in [0.15, 0.2) is 46.9 Å². The van der Waals surface area contributed by atoms with E-state index < -0.39 is 0 Å². The van der Waals surface area contributed by atoms with Crippen molar-refractivity contribution in [3.05, 3.63) is 52.5 Å².